The third-order valence-electron chi connectivity index (χ3n) is 4.63. The van der Waals surface area contributed by atoms with E-state index in [0.717, 1.165) is 11.3 Å². The minimum atomic E-state index is -3.85. The molecule has 0 unspecified atom stereocenters. The molecule has 0 saturated carbocycles. The van der Waals surface area contributed by atoms with Crippen molar-refractivity contribution in [1.82, 2.24) is 5.16 Å². The topological polar surface area (TPSA) is 90.7 Å². The Labute approximate surface area is 169 Å². The van der Waals surface area contributed by atoms with E-state index < -0.39 is 10.0 Å². The van der Waals surface area contributed by atoms with Crippen molar-refractivity contribution in [2.24, 2.45) is 0 Å². The summed E-state index contributed by atoms with van der Waals surface area (Å²) in [6, 6.07) is 12.0. The number of sulfonamides is 1. The Balaban J connectivity index is 1.73. The van der Waals surface area contributed by atoms with Crippen molar-refractivity contribution in [1.29, 1.82) is 0 Å². The number of aryl methyl sites for hydroxylation is 1. The molecule has 7 nitrogen and oxygen atoms in total. The number of rotatable bonds is 5. The molecule has 1 aliphatic heterocycles. The van der Waals surface area contributed by atoms with Gasteiger partial charge in [0.15, 0.2) is 17.3 Å². The molecule has 152 valence electrons. The third-order valence-corrected chi connectivity index (χ3v) is 6.07. The zero-order valence-corrected chi connectivity index (χ0v) is 17.2. The smallest absolute Gasteiger partial charge is 0.262 e. The van der Waals surface area contributed by atoms with Crippen LogP contribution < -0.4 is 14.2 Å². The summed E-state index contributed by atoms with van der Waals surface area (Å²) in [5.41, 5.74) is 2.50. The lowest BCUT2D eigenvalue weighted by Crippen LogP contribution is -2.17. The molecule has 1 aliphatic rings. The monoisotopic (exact) mass is 414 g/mol. The van der Waals surface area contributed by atoms with Gasteiger partial charge in [-0.2, -0.15) is 0 Å². The standard InChI is InChI=1S/C21H22N2O5S/c1-13(2)17-6-4-15(19-10-14(3)22-28-19)11-21(17)29(24,25)23-16-5-7-18-20(12-16)27-9-8-26-18/h4-7,10-13,23H,8-9H2,1-3H3. The van der Waals surface area contributed by atoms with Crippen molar-refractivity contribution < 1.29 is 22.4 Å². The maximum atomic E-state index is 13.3. The van der Waals surface area contributed by atoms with Crippen LogP contribution in [-0.2, 0) is 10.0 Å². The fourth-order valence-corrected chi connectivity index (χ4v) is 4.66. The summed E-state index contributed by atoms with van der Waals surface area (Å²) < 4.78 is 45.5. The van der Waals surface area contributed by atoms with Crippen LogP contribution in [-0.4, -0.2) is 26.8 Å². The van der Waals surface area contributed by atoms with Gasteiger partial charge in [-0.25, -0.2) is 8.42 Å². The molecule has 0 bridgehead atoms. The number of nitrogens with one attached hydrogen (secondary N) is 1. The summed E-state index contributed by atoms with van der Waals surface area (Å²) in [7, 11) is -3.85. The molecule has 0 saturated heterocycles. The Morgan fingerprint density at radius 3 is 2.45 bits per heavy atom. The molecule has 0 spiro atoms. The number of benzene rings is 2. The molecular weight excluding hydrogens is 392 g/mol. The second kappa shape index (κ2) is 7.44. The molecule has 1 aromatic heterocycles. The second-order valence-corrected chi connectivity index (χ2v) is 8.85. The molecule has 4 rings (SSSR count). The van der Waals surface area contributed by atoms with Gasteiger partial charge in [0.1, 0.15) is 13.2 Å². The second-order valence-electron chi connectivity index (χ2n) is 7.20. The van der Waals surface area contributed by atoms with E-state index in [9.17, 15) is 8.42 Å². The highest BCUT2D eigenvalue weighted by molar-refractivity contribution is 7.92. The Kier molecular flexibility index (Phi) is 4.96. The van der Waals surface area contributed by atoms with Crippen LogP contribution in [0, 0.1) is 6.92 Å². The lowest BCUT2D eigenvalue weighted by Gasteiger charge is -2.20. The summed E-state index contributed by atoms with van der Waals surface area (Å²) in [5, 5.41) is 3.89. The highest BCUT2D eigenvalue weighted by atomic mass is 32.2. The maximum Gasteiger partial charge on any atom is 0.262 e. The lowest BCUT2D eigenvalue weighted by atomic mass is 10.0. The summed E-state index contributed by atoms with van der Waals surface area (Å²) in [5.74, 6) is 1.66. The molecule has 0 amide bonds. The van der Waals surface area contributed by atoms with Crippen molar-refractivity contribution in [3.63, 3.8) is 0 Å². The molecular formula is C21H22N2O5S. The zero-order chi connectivity index (χ0) is 20.6. The average molecular weight is 414 g/mol. The van der Waals surface area contributed by atoms with Gasteiger partial charge in [0.2, 0.25) is 0 Å². The van der Waals surface area contributed by atoms with Crippen molar-refractivity contribution in [3.8, 4) is 22.8 Å². The van der Waals surface area contributed by atoms with Crippen LogP contribution in [0.15, 0.2) is 51.9 Å². The predicted octanol–water partition coefficient (Wildman–Crippen LogP) is 4.35. The Morgan fingerprint density at radius 1 is 1.00 bits per heavy atom. The van der Waals surface area contributed by atoms with Crippen LogP contribution >= 0.6 is 0 Å². The van der Waals surface area contributed by atoms with E-state index in [-0.39, 0.29) is 10.8 Å². The first-order chi connectivity index (χ1) is 13.8. The highest BCUT2D eigenvalue weighted by Gasteiger charge is 2.23. The van der Waals surface area contributed by atoms with Gasteiger partial charge in [0.05, 0.1) is 16.3 Å². The fraction of sp³-hybridized carbons (Fsp3) is 0.286. The van der Waals surface area contributed by atoms with E-state index in [1.165, 1.54) is 0 Å². The molecule has 0 radical (unpaired) electrons. The first-order valence-corrected chi connectivity index (χ1v) is 10.8. The van der Waals surface area contributed by atoms with E-state index in [2.05, 4.69) is 9.88 Å². The SMILES string of the molecule is Cc1cc(-c2ccc(C(C)C)c(S(=O)(=O)Nc3ccc4c(c3)OCCO4)c2)on1. The van der Waals surface area contributed by atoms with E-state index in [1.807, 2.05) is 32.9 Å². The Morgan fingerprint density at radius 2 is 1.76 bits per heavy atom. The van der Waals surface area contributed by atoms with Gasteiger partial charge in [-0.15, -0.1) is 0 Å². The normalized spacial score (nSPS) is 13.5. The van der Waals surface area contributed by atoms with Crippen molar-refractivity contribution in [2.45, 2.75) is 31.6 Å². The van der Waals surface area contributed by atoms with E-state index in [1.54, 1.807) is 30.3 Å². The number of nitrogens with zero attached hydrogens (tertiary/aromatic N) is 1. The molecule has 2 heterocycles. The van der Waals surface area contributed by atoms with Crippen molar-refractivity contribution in [3.05, 3.63) is 53.7 Å². The Bertz CT molecular complexity index is 1150. The minimum Gasteiger partial charge on any atom is -0.486 e. The van der Waals surface area contributed by atoms with Crippen molar-refractivity contribution in [2.75, 3.05) is 17.9 Å². The lowest BCUT2D eigenvalue weighted by molar-refractivity contribution is 0.171. The third kappa shape index (κ3) is 3.93. The van der Waals surface area contributed by atoms with Crippen LogP contribution in [0.1, 0.15) is 31.0 Å². The van der Waals surface area contributed by atoms with Gasteiger partial charge in [0.25, 0.3) is 10.0 Å². The molecule has 1 N–H and O–H groups in total. The van der Waals surface area contributed by atoms with Gasteiger partial charge in [-0.3, -0.25) is 4.72 Å². The van der Waals surface area contributed by atoms with Crippen LogP contribution in [0.3, 0.4) is 0 Å². The van der Waals surface area contributed by atoms with Gasteiger partial charge in [0, 0.05) is 17.7 Å². The molecule has 0 aliphatic carbocycles. The van der Waals surface area contributed by atoms with Gasteiger partial charge < -0.3 is 14.0 Å². The van der Waals surface area contributed by atoms with Gasteiger partial charge >= 0.3 is 0 Å². The van der Waals surface area contributed by atoms with Crippen molar-refractivity contribution >= 4 is 15.7 Å². The summed E-state index contributed by atoms with van der Waals surface area (Å²) in [6.45, 7) is 6.63. The zero-order valence-electron chi connectivity index (χ0n) is 16.4. The fourth-order valence-electron chi connectivity index (χ4n) is 3.21. The number of anilines is 1. The molecule has 0 fully saturated rings. The number of ether oxygens (including phenoxy) is 2. The quantitative estimate of drug-likeness (QED) is 0.668. The number of aromatic nitrogens is 1. The summed E-state index contributed by atoms with van der Waals surface area (Å²) in [6.07, 6.45) is 0. The first kappa shape index (κ1) is 19.3. The van der Waals surface area contributed by atoms with E-state index in [0.29, 0.717) is 41.7 Å². The van der Waals surface area contributed by atoms with E-state index in [4.69, 9.17) is 14.0 Å². The molecule has 29 heavy (non-hydrogen) atoms. The molecule has 2 aromatic carbocycles. The highest BCUT2D eigenvalue weighted by Crippen LogP contribution is 2.35. The van der Waals surface area contributed by atoms with Crippen LogP contribution in [0.2, 0.25) is 0 Å². The average Bonchev–Trinajstić information content (AvgIpc) is 3.13. The first-order valence-electron chi connectivity index (χ1n) is 9.33. The maximum absolute atomic E-state index is 13.3. The Hall–Kier alpha value is -3.00. The van der Waals surface area contributed by atoms with Gasteiger partial charge in [-0.05, 0) is 36.6 Å². The largest absolute Gasteiger partial charge is 0.486 e. The van der Waals surface area contributed by atoms with Crippen LogP contribution in [0.4, 0.5) is 5.69 Å². The summed E-state index contributed by atoms with van der Waals surface area (Å²) in [4.78, 5) is 0.203. The number of fused-ring (bicyclic) bond motifs is 1. The number of hydrogen-bond acceptors (Lipinski definition) is 6. The summed E-state index contributed by atoms with van der Waals surface area (Å²) >= 11 is 0. The molecule has 3 aromatic rings. The predicted molar refractivity (Wildman–Crippen MR) is 109 cm³/mol. The van der Waals surface area contributed by atoms with Gasteiger partial charge in [-0.1, -0.05) is 31.1 Å². The number of hydrogen-bond donors (Lipinski definition) is 1. The van der Waals surface area contributed by atoms with Crippen LogP contribution in [0.5, 0.6) is 11.5 Å². The molecule has 8 heteroatoms. The minimum absolute atomic E-state index is 0.0207. The van der Waals surface area contributed by atoms with E-state index >= 15 is 0 Å². The molecule has 0 atom stereocenters. The van der Waals surface area contributed by atoms with Crippen LogP contribution in [0.25, 0.3) is 11.3 Å².